The van der Waals surface area contributed by atoms with Crippen molar-refractivity contribution < 1.29 is 0 Å². The number of benzene rings is 8. The van der Waals surface area contributed by atoms with Crippen molar-refractivity contribution in [3.63, 3.8) is 0 Å². The molecule has 0 atom stereocenters. The summed E-state index contributed by atoms with van der Waals surface area (Å²) in [5, 5.41) is 4.91. The summed E-state index contributed by atoms with van der Waals surface area (Å²) in [6.07, 6.45) is 0. The fourth-order valence-electron chi connectivity index (χ4n) is 8.96. The highest BCUT2D eigenvalue weighted by molar-refractivity contribution is 6.13. The van der Waals surface area contributed by atoms with E-state index in [0.717, 1.165) is 27.9 Å². The summed E-state index contributed by atoms with van der Waals surface area (Å²) in [5.74, 6) is 1.91. The highest BCUT2D eigenvalue weighted by atomic mass is 15.0. The number of rotatable bonds is 5. The van der Waals surface area contributed by atoms with E-state index < -0.39 is 0 Å². The summed E-state index contributed by atoms with van der Waals surface area (Å²) in [6.45, 7) is 4.68. The van der Waals surface area contributed by atoms with Crippen LogP contribution in [0.4, 0.5) is 0 Å². The number of hydrogen-bond donors (Lipinski definition) is 0. The van der Waals surface area contributed by atoms with E-state index >= 15 is 0 Å². The largest absolute Gasteiger partial charge is 0.309 e. The van der Waals surface area contributed by atoms with Gasteiger partial charge < -0.3 is 4.57 Å². The number of aromatic nitrogens is 4. The molecule has 0 amide bonds. The monoisotopic (exact) mass is 716 g/mol. The summed E-state index contributed by atoms with van der Waals surface area (Å²) in [7, 11) is 0. The second-order valence-electron chi connectivity index (χ2n) is 15.3. The zero-order valence-electron chi connectivity index (χ0n) is 31.1. The SMILES string of the molecule is CC1(C)c2ccccc2-c2cccc(-c3ccc(-c4nc(-c5ccccc5)nc(-c5cccc(-n6c7ccccc7c7cc8ccccc8cc76)c5)n4)cc3)c21. The number of nitrogens with zero attached hydrogens (tertiary/aromatic N) is 4. The van der Waals surface area contributed by atoms with Crippen molar-refractivity contribution in [3.8, 4) is 62.1 Å². The minimum Gasteiger partial charge on any atom is -0.309 e. The Hall–Kier alpha value is -7.17. The molecule has 1 aliphatic rings. The maximum Gasteiger partial charge on any atom is 0.164 e. The molecule has 0 radical (unpaired) electrons. The summed E-state index contributed by atoms with van der Waals surface area (Å²) in [4.78, 5) is 15.3. The summed E-state index contributed by atoms with van der Waals surface area (Å²) >= 11 is 0. The zero-order valence-corrected chi connectivity index (χ0v) is 31.1. The van der Waals surface area contributed by atoms with Crippen molar-refractivity contribution >= 4 is 32.6 Å². The number of fused-ring (bicyclic) bond motifs is 7. The molecule has 8 aromatic carbocycles. The summed E-state index contributed by atoms with van der Waals surface area (Å²) in [6, 6.07) is 64.8. The fourth-order valence-corrected chi connectivity index (χ4v) is 8.96. The van der Waals surface area contributed by atoms with Gasteiger partial charge in [0.05, 0.1) is 11.0 Å². The van der Waals surface area contributed by atoms with Crippen LogP contribution in [0.25, 0.3) is 94.7 Å². The van der Waals surface area contributed by atoms with Crippen LogP contribution < -0.4 is 0 Å². The standard InChI is InChI=1S/C52H36N4/c1-52(2)45-24-10-8-20-41(45)43-23-13-22-40(48(43)52)33-26-28-35(29-27-33)50-53-49(34-14-4-3-5-15-34)54-51(55-50)38-18-12-19-39(30-38)56-46-25-11-9-21-42(46)44-31-36-16-6-7-17-37(36)32-47(44)56/h3-32H,1-2H3. The molecule has 0 aliphatic heterocycles. The van der Waals surface area contributed by atoms with Crippen LogP contribution in [0, 0.1) is 0 Å². The van der Waals surface area contributed by atoms with Gasteiger partial charge in [0.2, 0.25) is 0 Å². The van der Waals surface area contributed by atoms with Crippen LogP contribution in [-0.4, -0.2) is 19.5 Å². The van der Waals surface area contributed by atoms with Crippen molar-refractivity contribution in [2.75, 3.05) is 0 Å². The van der Waals surface area contributed by atoms with Crippen LogP contribution in [0.3, 0.4) is 0 Å². The molecule has 4 nitrogen and oxygen atoms in total. The van der Waals surface area contributed by atoms with Crippen LogP contribution >= 0.6 is 0 Å². The number of para-hydroxylation sites is 1. The first kappa shape index (κ1) is 32.3. The molecule has 264 valence electrons. The molecule has 2 heterocycles. The molecular formula is C52H36N4. The van der Waals surface area contributed by atoms with Crippen LogP contribution in [0.1, 0.15) is 25.0 Å². The van der Waals surface area contributed by atoms with Crippen molar-refractivity contribution in [2.45, 2.75) is 19.3 Å². The Balaban J connectivity index is 1.03. The topological polar surface area (TPSA) is 43.6 Å². The lowest BCUT2D eigenvalue weighted by molar-refractivity contribution is 0.662. The first-order valence-electron chi connectivity index (χ1n) is 19.2. The second kappa shape index (κ2) is 12.4. The number of hydrogen-bond acceptors (Lipinski definition) is 3. The third-order valence-electron chi connectivity index (χ3n) is 11.6. The quantitative estimate of drug-likeness (QED) is 0.178. The van der Waals surface area contributed by atoms with E-state index in [0.29, 0.717) is 17.5 Å². The van der Waals surface area contributed by atoms with Crippen molar-refractivity contribution in [3.05, 3.63) is 193 Å². The average Bonchev–Trinajstić information content (AvgIpc) is 3.70. The van der Waals surface area contributed by atoms with E-state index in [4.69, 9.17) is 15.0 Å². The lowest BCUT2D eigenvalue weighted by atomic mass is 9.79. The first-order chi connectivity index (χ1) is 27.5. The van der Waals surface area contributed by atoms with Crippen LogP contribution in [-0.2, 0) is 5.41 Å². The molecule has 0 saturated heterocycles. The predicted molar refractivity (Wildman–Crippen MR) is 231 cm³/mol. The van der Waals surface area contributed by atoms with Crippen LogP contribution in [0.2, 0.25) is 0 Å². The smallest absolute Gasteiger partial charge is 0.164 e. The van der Waals surface area contributed by atoms with Gasteiger partial charge in [-0.2, -0.15) is 0 Å². The molecule has 1 aliphatic carbocycles. The molecule has 0 saturated carbocycles. The van der Waals surface area contributed by atoms with Gasteiger partial charge in [-0.1, -0.05) is 166 Å². The normalized spacial score (nSPS) is 13.0. The highest BCUT2D eigenvalue weighted by Gasteiger charge is 2.37. The molecule has 0 unspecified atom stereocenters. The van der Waals surface area contributed by atoms with Gasteiger partial charge in [0.1, 0.15) is 0 Å². The molecular weight excluding hydrogens is 681 g/mol. The second-order valence-corrected chi connectivity index (χ2v) is 15.3. The van der Waals surface area contributed by atoms with Crippen LogP contribution in [0.5, 0.6) is 0 Å². The third kappa shape index (κ3) is 5.03. The Bertz CT molecular complexity index is 3160. The summed E-state index contributed by atoms with van der Waals surface area (Å²) in [5.41, 5.74) is 13.9. The van der Waals surface area contributed by atoms with E-state index in [1.807, 2.05) is 18.2 Å². The van der Waals surface area contributed by atoms with Crippen molar-refractivity contribution in [1.29, 1.82) is 0 Å². The zero-order chi connectivity index (χ0) is 37.4. The van der Waals surface area contributed by atoms with E-state index in [2.05, 4.69) is 182 Å². The average molecular weight is 717 g/mol. The Kier molecular flexibility index (Phi) is 7.17. The lowest BCUT2D eigenvalue weighted by Gasteiger charge is -2.24. The lowest BCUT2D eigenvalue weighted by Crippen LogP contribution is -2.16. The third-order valence-corrected chi connectivity index (χ3v) is 11.6. The van der Waals surface area contributed by atoms with E-state index in [9.17, 15) is 0 Å². The summed E-state index contributed by atoms with van der Waals surface area (Å²) < 4.78 is 2.36. The fraction of sp³-hybridized carbons (Fsp3) is 0.0577. The molecule has 11 rings (SSSR count). The molecule has 0 spiro atoms. The minimum absolute atomic E-state index is 0.101. The van der Waals surface area contributed by atoms with Crippen molar-refractivity contribution in [1.82, 2.24) is 19.5 Å². The van der Waals surface area contributed by atoms with E-state index in [1.54, 1.807) is 0 Å². The molecule has 0 fully saturated rings. The molecule has 0 N–H and O–H groups in total. The predicted octanol–water partition coefficient (Wildman–Crippen LogP) is 13.1. The molecule has 0 bridgehead atoms. The molecule has 2 aromatic heterocycles. The highest BCUT2D eigenvalue weighted by Crippen LogP contribution is 2.52. The Morgan fingerprint density at radius 2 is 0.964 bits per heavy atom. The van der Waals surface area contributed by atoms with Gasteiger partial charge >= 0.3 is 0 Å². The van der Waals surface area contributed by atoms with Gasteiger partial charge in [-0.05, 0) is 74.5 Å². The van der Waals surface area contributed by atoms with E-state index in [1.165, 1.54) is 60.4 Å². The van der Waals surface area contributed by atoms with Gasteiger partial charge in [0, 0.05) is 38.6 Å². The van der Waals surface area contributed by atoms with Gasteiger partial charge in [-0.3, -0.25) is 0 Å². The molecule has 4 heteroatoms. The maximum absolute atomic E-state index is 5.17. The van der Waals surface area contributed by atoms with Gasteiger partial charge in [-0.15, -0.1) is 0 Å². The Labute approximate surface area is 325 Å². The van der Waals surface area contributed by atoms with Gasteiger partial charge in [-0.25, -0.2) is 15.0 Å². The molecule has 10 aromatic rings. The molecule has 56 heavy (non-hydrogen) atoms. The van der Waals surface area contributed by atoms with Gasteiger partial charge in [0.15, 0.2) is 17.5 Å². The Morgan fingerprint density at radius 3 is 1.77 bits per heavy atom. The minimum atomic E-state index is -0.101. The Morgan fingerprint density at radius 1 is 0.393 bits per heavy atom. The maximum atomic E-state index is 5.17. The first-order valence-corrected chi connectivity index (χ1v) is 19.2. The van der Waals surface area contributed by atoms with Crippen molar-refractivity contribution in [2.24, 2.45) is 0 Å². The van der Waals surface area contributed by atoms with Crippen LogP contribution in [0.15, 0.2) is 182 Å². The van der Waals surface area contributed by atoms with E-state index in [-0.39, 0.29) is 5.41 Å². The van der Waals surface area contributed by atoms with Gasteiger partial charge in [0.25, 0.3) is 0 Å².